The van der Waals surface area contributed by atoms with Gasteiger partial charge in [0.05, 0.1) is 11.3 Å². The van der Waals surface area contributed by atoms with Crippen LogP contribution in [-0.4, -0.2) is 4.98 Å². The third-order valence-electron chi connectivity index (χ3n) is 6.16. The smallest absolute Gasteiger partial charge is 0.345 e. The molecule has 34 heavy (non-hydrogen) atoms. The Balaban J connectivity index is 1.66. The van der Waals surface area contributed by atoms with Crippen molar-refractivity contribution < 1.29 is 4.42 Å². The van der Waals surface area contributed by atoms with Crippen LogP contribution in [0.3, 0.4) is 0 Å². The lowest BCUT2D eigenvalue weighted by Crippen LogP contribution is -2.07. The molecule has 0 aliphatic carbocycles. The first-order valence-corrected chi connectivity index (χ1v) is 10.8. The molecule has 0 saturated carbocycles. The zero-order valence-corrected chi connectivity index (χ0v) is 17.9. The predicted octanol–water partition coefficient (Wildman–Crippen LogP) is 6.28. The molecule has 2 heterocycles. The lowest BCUT2D eigenvalue weighted by atomic mass is 9.94. The van der Waals surface area contributed by atoms with Crippen LogP contribution in [0.25, 0.3) is 54.9 Å². The molecule has 6 rings (SSSR count). The van der Waals surface area contributed by atoms with Crippen LogP contribution in [0.15, 0.2) is 100 Å². The predicted molar refractivity (Wildman–Crippen MR) is 135 cm³/mol. The van der Waals surface area contributed by atoms with Crippen molar-refractivity contribution in [2.24, 2.45) is 0 Å². The van der Waals surface area contributed by atoms with Crippen molar-refractivity contribution in [2.75, 3.05) is 5.73 Å². The molecule has 0 saturated heterocycles. The lowest BCUT2D eigenvalue weighted by Gasteiger charge is -2.12. The summed E-state index contributed by atoms with van der Waals surface area (Å²) in [5, 5.41) is 14.7. The lowest BCUT2D eigenvalue weighted by molar-refractivity contribution is 0.563. The largest absolute Gasteiger partial charge is 0.422 e. The van der Waals surface area contributed by atoms with E-state index in [9.17, 15) is 10.1 Å². The summed E-state index contributed by atoms with van der Waals surface area (Å²) < 4.78 is 5.67. The van der Waals surface area contributed by atoms with Crippen LogP contribution < -0.4 is 11.4 Å². The zero-order valence-electron chi connectivity index (χ0n) is 17.9. The van der Waals surface area contributed by atoms with Crippen molar-refractivity contribution in [2.45, 2.75) is 0 Å². The van der Waals surface area contributed by atoms with E-state index in [1.165, 1.54) is 0 Å². The van der Waals surface area contributed by atoms with Crippen LogP contribution in [-0.2, 0) is 0 Å². The minimum atomic E-state index is -0.511. The molecular formula is C29H17N3O2. The zero-order chi connectivity index (χ0) is 23.2. The molecule has 5 heteroatoms. The van der Waals surface area contributed by atoms with Crippen molar-refractivity contribution in [3.8, 4) is 28.5 Å². The maximum atomic E-state index is 13.0. The Bertz CT molecular complexity index is 1860. The number of nitrogens with two attached hydrogens (primary N) is 1. The number of anilines is 1. The molecule has 0 aliphatic rings. The standard InChI is InChI=1S/C29H17N3O2/c30-16-25-22(21-11-5-8-17-6-1-3-9-19(17)21)15-26(32-28(25)31)24-14-23-20-10-4-2-7-18(20)12-13-27(23)34-29(24)33/h1-15H,(H2,31,32). The molecule has 0 spiro atoms. The number of aromatic nitrogens is 1. The van der Waals surface area contributed by atoms with Crippen LogP contribution in [0.5, 0.6) is 0 Å². The molecule has 4 aromatic carbocycles. The minimum Gasteiger partial charge on any atom is -0.422 e. The molecule has 0 bridgehead atoms. The van der Waals surface area contributed by atoms with Crippen molar-refractivity contribution in [3.63, 3.8) is 0 Å². The highest BCUT2D eigenvalue weighted by molar-refractivity contribution is 6.06. The molecule has 6 aromatic rings. The van der Waals surface area contributed by atoms with Crippen LogP contribution >= 0.6 is 0 Å². The van der Waals surface area contributed by atoms with E-state index < -0.39 is 5.63 Å². The first-order chi connectivity index (χ1) is 16.6. The quantitative estimate of drug-likeness (QED) is 0.253. The van der Waals surface area contributed by atoms with Crippen LogP contribution in [0.1, 0.15) is 5.56 Å². The number of benzene rings is 4. The molecule has 0 atom stereocenters. The Kier molecular flexibility index (Phi) is 4.39. The summed E-state index contributed by atoms with van der Waals surface area (Å²) in [4.78, 5) is 17.4. The molecule has 2 aromatic heterocycles. The Morgan fingerprint density at radius 3 is 2.24 bits per heavy atom. The summed E-state index contributed by atoms with van der Waals surface area (Å²) in [6.07, 6.45) is 0. The average molecular weight is 439 g/mol. The first-order valence-electron chi connectivity index (χ1n) is 10.8. The molecule has 0 radical (unpaired) electrons. The van der Waals surface area contributed by atoms with Gasteiger partial charge in [0, 0.05) is 10.9 Å². The van der Waals surface area contributed by atoms with E-state index in [1.807, 2.05) is 72.8 Å². The minimum absolute atomic E-state index is 0.0698. The van der Waals surface area contributed by atoms with Crippen molar-refractivity contribution in [3.05, 3.63) is 107 Å². The summed E-state index contributed by atoms with van der Waals surface area (Å²) in [7, 11) is 0. The Morgan fingerprint density at radius 1 is 0.735 bits per heavy atom. The third kappa shape index (κ3) is 3.01. The van der Waals surface area contributed by atoms with E-state index in [1.54, 1.807) is 18.2 Å². The first kappa shape index (κ1) is 19.7. The molecular weight excluding hydrogens is 422 g/mol. The van der Waals surface area contributed by atoms with Gasteiger partial charge in [0.25, 0.3) is 0 Å². The fourth-order valence-electron chi connectivity index (χ4n) is 4.54. The monoisotopic (exact) mass is 439 g/mol. The fraction of sp³-hybridized carbons (Fsp3) is 0. The van der Waals surface area contributed by atoms with Crippen molar-refractivity contribution in [1.29, 1.82) is 5.26 Å². The van der Waals surface area contributed by atoms with E-state index in [0.717, 1.165) is 32.5 Å². The van der Waals surface area contributed by atoms with E-state index in [2.05, 4.69) is 11.1 Å². The van der Waals surface area contributed by atoms with Gasteiger partial charge in [-0.05, 0) is 45.3 Å². The van der Waals surface area contributed by atoms with E-state index in [0.29, 0.717) is 22.4 Å². The van der Waals surface area contributed by atoms with Crippen molar-refractivity contribution in [1.82, 2.24) is 4.98 Å². The highest BCUT2D eigenvalue weighted by atomic mass is 16.4. The normalized spacial score (nSPS) is 11.1. The maximum absolute atomic E-state index is 13.0. The molecule has 160 valence electrons. The Morgan fingerprint density at radius 2 is 1.44 bits per heavy atom. The number of hydrogen-bond acceptors (Lipinski definition) is 5. The number of nitriles is 1. The van der Waals surface area contributed by atoms with Crippen LogP contribution in [0, 0.1) is 11.3 Å². The number of hydrogen-bond donors (Lipinski definition) is 1. The van der Waals surface area contributed by atoms with Gasteiger partial charge in [-0.3, -0.25) is 0 Å². The molecule has 0 aliphatic heterocycles. The highest BCUT2D eigenvalue weighted by Crippen LogP contribution is 2.35. The average Bonchev–Trinajstić information content (AvgIpc) is 2.87. The van der Waals surface area contributed by atoms with E-state index in [-0.39, 0.29) is 11.4 Å². The fourth-order valence-corrected chi connectivity index (χ4v) is 4.54. The summed E-state index contributed by atoms with van der Waals surface area (Å²) in [6, 6.07) is 31.2. The number of nitrogens with zero attached hydrogens (tertiary/aromatic N) is 2. The van der Waals surface area contributed by atoms with Gasteiger partial charge in [0.2, 0.25) is 0 Å². The number of pyridine rings is 1. The van der Waals surface area contributed by atoms with Gasteiger partial charge in [0.15, 0.2) is 0 Å². The van der Waals surface area contributed by atoms with Crippen molar-refractivity contribution >= 4 is 38.3 Å². The van der Waals surface area contributed by atoms with Gasteiger partial charge in [-0.15, -0.1) is 0 Å². The van der Waals surface area contributed by atoms with Gasteiger partial charge >= 0.3 is 5.63 Å². The molecule has 0 unspecified atom stereocenters. The van der Waals surface area contributed by atoms with E-state index in [4.69, 9.17) is 10.2 Å². The number of fused-ring (bicyclic) bond motifs is 4. The maximum Gasteiger partial charge on any atom is 0.345 e. The molecule has 5 nitrogen and oxygen atoms in total. The second-order valence-corrected chi connectivity index (χ2v) is 8.10. The Hall–Kier alpha value is -4.95. The van der Waals surface area contributed by atoms with Gasteiger partial charge in [0.1, 0.15) is 23.0 Å². The second-order valence-electron chi connectivity index (χ2n) is 8.10. The van der Waals surface area contributed by atoms with Crippen LogP contribution in [0.4, 0.5) is 5.82 Å². The molecule has 0 amide bonds. The third-order valence-corrected chi connectivity index (χ3v) is 6.16. The van der Waals surface area contributed by atoms with Gasteiger partial charge < -0.3 is 10.2 Å². The SMILES string of the molecule is N#Cc1c(-c2cccc3ccccc23)cc(-c2cc3c(ccc4ccccc43)oc2=O)nc1N. The summed E-state index contributed by atoms with van der Waals surface area (Å²) in [5.74, 6) is 0.0698. The highest BCUT2D eigenvalue weighted by Gasteiger charge is 2.18. The summed E-state index contributed by atoms with van der Waals surface area (Å²) >= 11 is 0. The summed E-state index contributed by atoms with van der Waals surface area (Å²) in [5.41, 5.74) is 8.63. The number of nitrogen functional groups attached to an aromatic ring is 1. The number of rotatable bonds is 2. The van der Waals surface area contributed by atoms with Gasteiger partial charge in [-0.1, -0.05) is 72.8 Å². The van der Waals surface area contributed by atoms with Gasteiger partial charge in [-0.25, -0.2) is 9.78 Å². The van der Waals surface area contributed by atoms with Gasteiger partial charge in [-0.2, -0.15) is 5.26 Å². The van der Waals surface area contributed by atoms with Crippen LogP contribution in [0.2, 0.25) is 0 Å². The topological polar surface area (TPSA) is 92.9 Å². The summed E-state index contributed by atoms with van der Waals surface area (Å²) in [6.45, 7) is 0. The molecule has 2 N–H and O–H groups in total. The van der Waals surface area contributed by atoms with E-state index >= 15 is 0 Å². The molecule has 0 fully saturated rings. The Labute approximate surface area is 194 Å². The second kappa shape index (κ2) is 7.58.